The van der Waals surface area contributed by atoms with Crippen LogP contribution in [0.1, 0.15) is 27.2 Å². The van der Waals surface area contributed by atoms with Gasteiger partial charge in [-0.05, 0) is 20.8 Å². The molecule has 1 unspecified atom stereocenters. The lowest BCUT2D eigenvalue weighted by Crippen LogP contribution is -2.33. The third-order valence-corrected chi connectivity index (χ3v) is 2.06. The lowest BCUT2D eigenvalue weighted by molar-refractivity contribution is -0.158. The van der Waals surface area contributed by atoms with Crippen LogP contribution >= 0.6 is 0 Å². The van der Waals surface area contributed by atoms with E-state index >= 15 is 0 Å². The summed E-state index contributed by atoms with van der Waals surface area (Å²) in [6, 6.07) is 0. The topological polar surface area (TPSA) is 55.4 Å². The van der Waals surface area contributed by atoms with E-state index in [0.717, 1.165) is 0 Å². The van der Waals surface area contributed by atoms with Crippen molar-refractivity contribution >= 4 is 11.9 Å². The van der Waals surface area contributed by atoms with Gasteiger partial charge in [-0.15, -0.1) is 0 Å². The zero-order valence-electron chi connectivity index (χ0n) is 8.22. The number of amides is 1. The quantitative estimate of drug-likeness (QED) is 0.636. The Kier molecular flexibility index (Phi) is 2.59. The Labute approximate surface area is 77.6 Å². The van der Waals surface area contributed by atoms with E-state index in [9.17, 15) is 9.59 Å². The number of esters is 1. The fraction of sp³-hybridized carbons (Fsp3) is 0.778. The molecule has 1 saturated heterocycles. The van der Waals surface area contributed by atoms with Crippen molar-refractivity contribution in [3.05, 3.63) is 0 Å². The van der Waals surface area contributed by atoms with Gasteiger partial charge in [0.1, 0.15) is 0 Å². The van der Waals surface area contributed by atoms with Crippen LogP contribution in [0.5, 0.6) is 0 Å². The smallest absolute Gasteiger partial charge is 0.314 e. The summed E-state index contributed by atoms with van der Waals surface area (Å²) in [6.07, 6.45) is 0.110. The molecule has 0 aromatic rings. The molecule has 1 atom stereocenters. The van der Waals surface area contributed by atoms with E-state index in [1.807, 2.05) is 0 Å². The van der Waals surface area contributed by atoms with Crippen molar-refractivity contribution in [3.63, 3.8) is 0 Å². The van der Waals surface area contributed by atoms with Gasteiger partial charge < -0.3 is 10.1 Å². The highest BCUT2D eigenvalue weighted by molar-refractivity contribution is 5.89. The first-order valence-corrected chi connectivity index (χ1v) is 4.42. The molecule has 0 bridgehead atoms. The van der Waals surface area contributed by atoms with E-state index in [4.69, 9.17) is 4.74 Å². The zero-order valence-corrected chi connectivity index (χ0v) is 8.22. The first kappa shape index (κ1) is 10.0. The highest BCUT2D eigenvalue weighted by Gasteiger charge is 2.42. The maximum Gasteiger partial charge on any atom is 0.314 e. The minimum Gasteiger partial charge on any atom is -0.462 e. The van der Waals surface area contributed by atoms with Crippen LogP contribution in [0.15, 0.2) is 0 Å². The van der Waals surface area contributed by atoms with Crippen molar-refractivity contribution in [3.8, 4) is 0 Å². The molecule has 1 heterocycles. The standard InChI is InChI=1S/C9H15NO3/c1-6(2)13-8(12)9(3)4-7(11)10-5-9/h6H,4-5H2,1-3H3,(H,10,11). The molecule has 13 heavy (non-hydrogen) atoms. The molecule has 1 aliphatic rings. The van der Waals surface area contributed by atoms with Gasteiger partial charge in [0.15, 0.2) is 0 Å². The van der Waals surface area contributed by atoms with Crippen LogP contribution in [-0.2, 0) is 14.3 Å². The molecule has 1 fully saturated rings. The molecule has 1 amide bonds. The molecule has 1 rings (SSSR count). The third-order valence-electron chi connectivity index (χ3n) is 2.06. The molecule has 0 aromatic carbocycles. The van der Waals surface area contributed by atoms with Gasteiger partial charge in [-0.3, -0.25) is 9.59 Å². The first-order chi connectivity index (χ1) is 5.94. The fourth-order valence-corrected chi connectivity index (χ4v) is 1.27. The summed E-state index contributed by atoms with van der Waals surface area (Å²) >= 11 is 0. The molecule has 74 valence electrons. The van der Waals surface area contributed by atoms with Crippen LogP contribution in [0.2, 0.25) is 0 Å². The average molecular weight is 185 g/mol. The number of hydrogen-bond donors (Lipinski definition) is 1. The van der Waals surface area contributed by atoms with Crippen molar-refractivity contribution in [2.24, 2.45) is 5.41 Å². The third kappa shape index (κ3) is 2.20. The van der Waals surface area contributed by atoms with Gasteiger partial charge in [-0.25, -0.2) is 0 Å². The number of carbonyl (C=O) groups excluding carboxylic acids is 2. The zero-order chi connectivity index (χ0) is 10.1. The van der Waals surface area contributed by atoms with Gasteiger partial charge in [0, 0.05) is 13.0 Å². The van der Waals surface area contributed by atoms with Gasteiger partial charge in [-0.1, -0.05) is 0 Å². The summed E-state index contributed by atoms with van der Waals surface area (Å²) in [4.78, 5) is 22.4. The second-order valence-corrected chi connectivity index (χ2v) is 3.97. The Morgan fingerprint density at radius 2 is 2.23 bits per heavy atom. The molecule has 0 saturated carbocycles. The maximum atomic E-state index is 11.5. The SMILES string of the molecule is CC(C)OC(=O)C1(C)CNC(=O)C1. The minimum absolute atomic E-state index is 0.0804. The van der Waals surface area contributed by atoms with E-state index in [-0.39, 0.29) is 24.4 Å². The average Bonchev–Trinajstić information content (AvgIpc) is 2.31. The second-order valence-electron chi connectivity index (χ2n) is 3.97. The van der Waals surface area contributed by atoms with Crippen LogP contribution in [0.4, 0.5) is 0 Å². The van der Waals surface area contributed by atoms with E-state index in [0.29, 0.717) is 6.54 Å². The Bertz CT molecular complexity index is 237. The van der Waals surface area contributed by atoms with Crippen molar-refractivity contribution in [1.82, 2.24) is 5.32 Å². The van der Waals surface area contributed by atoms with Gasteiger partial charge in [0.05, 0.1) is 11.5 Å². The maximum absolute atomic E-state index is 11.5. The largest absolute Gasteiger partial charge is 0.462 e. The molecule has 4 heteroatoms. The molecule has 0 radical (unpaired) electrons. The number of hydrogen-bond acceptors (Lipinski definition) is 3. The monoisotopic (exact) mass is 185 g/mol. The first-order valence-electron chi connectivity index (χ1n) is 4.42. The molecule has 0 aromatic heterocycles. The summed E-state index contributed by atoms with van der Waals surface area (Å²) in [7, 11) is 0. The predicted octanol–water partition coefficient (Wildman–Crippen LogP) is 0.464. The van der Waals surface area contributed by atoms with Crippen molar-refractivity contribution in [2.45, 2.75) is 33.3 Å². The molecule has 1 N–H and O–H groups in total. The Morgan fingerprint density at radius 3 is 2.62 bits per heavy atom. The number of ether oxygens (including phenoxy) is 1. The fourth-order valence-electron chi connectivity index (χ4n) is 1.27. The summed E-state index contributed by atoms with van der Waals surface area (Å²) in [5.74, 6) is -0.371. The predicted molar refractivity (Wildman–Crippen MR) is 47.0 cm³/mol. The van der Waals surface area contributed by atoms with E-state index in [1.165, 1.54) is 0 Å². The summed E-state index contributed by atoms with van der Waals surface area (Å²) in [5, 5.41) is 2.62. The summed E-state index contributed by atoms with van der Waals surface area (Å²) < 4.78 is 5.05. The van der Waals surface area contributed by atoms with E-state index in [2.05, 4.69) is 5.32 Å². The molecule has 1 aliphatic heterocycles. The van der Waals surface area contributed by atoms with E-state index in [1.54, 1.807) is 20.8 Å². The van der Waals surface area contributed by atoms with Crippen LogP contribution in [0.3, 0.4) is 0 Å². The molecule has 0 aliphatic carbocycles. The Balaban J connectivity index is 2.60. The Hall–Kier alpha value is -1.06. The van der Waals surface area contributed by atoms with Crippen molar-refractivity contribution in [1.29, 1.82) is 0 Å². The highest BCUT2D eigenvalue weighted by Crippen LogP contribution is 2.27. The molecular weight excluding hydrogens is 170 g/mol. The number of rotatable bonds is 2. The molecular formula is C9H15NO3. The van der Waals surface area contributed by atoms with Crippen molar-refractivity contribution < 1.29 is 14.3 Å². The van der Waals surface area contributed by atoms with E-state index < -0.39 is 5.41 Å². The summed E-state index contributed by atoms with van der Waals surface area (Å²) in [5.41, 5.74) is -0.665. The lowest BCUT2D eigenvalue weighted by atomic mass is 9.90. The van der Waals surface area contributed by atoms with Crippen LogP contribution in [0, 0.1) is 5.41 Å². The highest BCUT2D eigenvalue weighted by atomic mass is 16.5. The van der Waals surface area contributed by atoms with Gasteiger partial charge >= 0.3 is 5.97 Å². The second kappa shape index (κ2) is 3.36. The number of carbonyl (C=O) groups is 2. The molecule has 0 spiro atoms. The Morgan fingerprint density at radius 1 is 1.62 bits per heavy atom. The van der Waals surface area contributed by atoms with Gasteiger partial charge in [0.2, 0.25) is 5.91 Å². The normalized spacial score (nSPS) is 27.5. The minimum atomic E-state index is -0.665. The van der Waals surface area contributed by atoms with Crippen LogP contribution < -0.4 is 5.32 Å². The van der Waals surface area contributed by atoms with Gasteiger partial charge in [0.25, 0.3) is 0 Å². The summed E-state index contributed by atoms with van der Waals surface area (Å²) in [6.45, 7) is 5.73. The number of nitrogens with one attached hydrogen (secondary N) is 1. The van der Waals surface area contributed by atoms with Gasteiger partial charge in [-0.2, -0.15) is 0 Å². The van der Waals surface area contributed by atoms with Crippen LogP contribution in [-0.4, -0.2) is 24.5 Å². The van der Waals surface area contributed by atoms with Crippen LogP contribution in [0.25, 0.3) is 0 Å². The lowest BCUT2D eigenvalue weighted by Gasteiger charge is -2.20. The molecule has 4 nitrogen and oxygen atoms in total. The van der Waals surface area contributed by atoms with Crippen molar-refractivity contribution in [2.75, 3.05) is 6.54 Å².